The van der Waals surface area contributed by atoms with Crippen molar-refractivity contribution in [2.24, 2.45) is 5.92 Å². The molecule has 1 aliphatic heterocycles. The van der Waals surface area contributed by atoms with Gasteiger partial charge in [0.1, 0.15) is 0 Å². The topological polar surface area (TPSA) is 21.3 Å². The first-order valence-corrected chi connectivity index (χ1v) is 7.24. The van der Waals surface area contributed by atoms with Gasteiger partial charge in [0.25, 0.3) is 0 Å². The zero-order chi connectivity index (χ0) is 12.4. The number of nitrogens with one attached hydrogen (secondary N) is 1. The summed E-state index contributed by atoms with van der Waals surface area (Å²) in [6.45, 7) is 4.07. The Morgan fingerprint density at radius 3 is 2.50 bits per heavy atom. The van der Waals surface area contributed by atoms with E-state index in [1.165, 1.54) is 24.0 Å². The van der Waals surface area contributed by atoms with Gasteiger partial charge >= 0.3 is 0 Å². The maximum Gasteiger partial charge on any atom is 0.0480 e. The van der Waals surface area contributed by atoms with Gasteiger partial charge in [-0.2, -0.15) is 0 Å². The van der Waals surface area contributed by atoms with E-state index >= 15 is 0 Å². The molecule has 1 heterocycles. The number of ether oxygens (including phenoxy) is 1. The summed E-state index contributed by atoms with van der Waals surface area (Å²) in [5.41, 5.74) is 2.93. The van der Waals surface area contributed by atoms with Gasteiger partial charge in [0.15, 0.2) is 0 Å². The monoisotopic (exact) mass is 245 g/mol. The minimum atomic E-state index is 0.564. The molecule has 0 bridgehead atoms. The number of hydrogen-bond donors (Lipinski definition) is 1. The summed E-state index contributed by atoms with van der Waals surface area (Å²) < 4.78 is 5.45. The molecule has 98 valence electrons. The van der Waals surface area contributed by atoms with Crippen molar-refractivity contribution >= 4 is 0 Å². The zero-order valence-electron chi connectivity index (χ0n) is 11.2. The predicted molar refractivity (Wildman–Crippen MR) is 73.6 cm³/mol. The van der Waals surface area contributed by atoms with E-state index in [1.54, 1.807) is 0 Å². The second kappa shape index (κ2) is 5.41. The Morgan fingerprint density at radius 2 is 1.83 bits per heavy atom. The molecule has 1 aliphatic carbocycles. The molecule has 1 aromatic carbocycles. The van der Waals surface area contributed by atoms with Gasteiger partial charge in [0.2, 0.25) is 0 Å². The van der Waals surface area contributed by atoms with Gasteiger partial charge in [-0.05, 0) is 49.7 Å². The molecule has 2 fully saturated rings. The van der Waals surface area contributed by atoms with Gasteiger partial charge in [0.05, 0.1) is 0 Å². The minimum Gasteiger partial charge on any atom is -0.381 e. The average molecular weight is 245 g/mol. The van der Waals surface area contributed by atoms with Gasteiger partial charge < -0.3 is 10.1 Å². The maximum absolute atomic E-state index is 5.45. The molecule has 1 saturated heterocycles. The Bertz CT molecular complexity index is 394. The van der Waals surface area contributed by atoms with Crippen LogP contribution in [0.25, 0.3) is 0 Å². The van der Waals surface area contributed by atoms with Crippen molar-refractivity contribution in [3.05, 3.63) is 35.4 Å². The normalized spacial score (nSPS) is 22.9. The SMILES string of the molecule is Cc1ccccc1C(NC1CCOCC1)C1CC1. The first kappa shape index (κ1) is 12.2. The summed E-state index contributed by atoms with van der Waals surface area (Å²) in [4.78, 5) is 0. The molecule has 3 rings (SSSR count). The molecule has 1 aromatic rings. The third-order valence-electron chi connectivity index (χ3n) is 4.25. The van der Waals surface area contributed by atoms with Crippen molar-refractivity contribution in [1.82, 2.24) is 5.32 Å². The lowest BCUT2D eigenvalue weighted by Crippen LogP contribution is -2.38. The highest BCUT2D eigenvalue weighted by Crippen LogP contribution is 2.42. The summed E-state index contributed by atoms with van der Waals surface area (Å²) in [6.07, 6.45) is 5.09. The van der Waals surface area contributed by atoms with Gasteiger partial charge in [-0.1, -0.05) is 24.3 Å². The van der Waals surface area contributed by atoms with Crippen LogP contribution in [0.4, 0.5) is 0 Å². The van der Waals surface area contributed by atoms with Crippen molar-refractivity contribution < 1.29 is 4.74 Å². The van der Waals surface area contributed by atoms with E-state index in [4.69, 9.17) is 4.74 Å². The van der Waals surface area contributed by atoms with E-state index in [0.717, 1.165) is 32.0 Å². The summed E-state index contributed by atoms with van der Waals surface area (Å²) in [5.74, 6) is 0.856. The minimum absolute atomic E-state index is 0.564. The van der Waals surface area contributed by atoms with Crippen molar-refractivity contribution in [2.45, 2.75) is 44.7 Å². The van der Waals surface area contributed by atoms with Crippen LogP contribution in [0.3, 0.4) is 0 Å². The van der Waals surface area contributed by atoms with Crippen LogP contribution in [0.5, 0.6) is 0 Å². The fourth-order valence-electron chi connectivity index (χ4n) is 2.96. The lowest BCUT2D eigenvalue weighted by molar-refractivity contribution is 0.0739. The zero-order valence-corrected chi connectivity index (χ0v) is 11.2. The second-order valence-electron chi connectivity index (χ2n) is 5.73. The summed E-state index contributed by atoms with van der Waals surface area (Å²) in [6, 6.07) is 10.0. The van der Waals surface area contributed by atoms with Crippen LogP contribution < -0.4 is 5.32 Å². The van der Waals surface area contributed by atoms with Crippen LogP contribution in [0, 0.1) is 12.8 Å². The fourth-order valence-corrected chi connectivity index (χ4v) is 2.96. The second-order valence-corrected chi connectivity index (χ2v) is 5.73. The molecule has 1 unspecified atom stereocenters. The van der Waals surface area contributed by atoms with Gasteiger partial charge in [-0.3, -0.25) is 0 Å². The Balaban J connectivity index is 1.73. The first-order chi connectivity index (χ1) is 8.84. The highest BCUT2D eigenvalue weighted by molar-refractivity contribution is 5.30. The third-order valence-corrected chi connectivity index (χ3v) is 4.25. The highest BCUT2D eigenvalue weighted by atomic mass is 16.5. The summed E-state index contributed by atoms with van der Waals surface area (Å²) in [7, 11) is 0. The van der Waals surface area contributed by atoms with E-state index in [-0.39, 0.29) is 0 Å². The van der Waals surface area contributed by atoms with Gasteiger partial charge in [-0.15, -0.1) is 0 Å². The van der Waals surface area contributed by atoms with Crippen LogP contribution >= 0.6 is 0 Å². The van der Waals surface area contributed by atoms with Gasteiger partial charge in [0, 0.05) is 25.3 Å². The number of benzene rings is 1. The van der Waals surface area contributed by atoms with Crippen LogP contribution in [-0.4, -0.2) is 19.3 Å². The summed E-state index contributed by atoms with van der Waals surface area (Å²) >= 11 is 0. The van der Waals surface area contributed by atoms with E-state index < -0.39 is 0 Å². The maximum atomic E-state index is 5.45. The average Bonchev–Trinajstić information content (AvgIpc) is 3.23. The Kier molecular flexibility index (Phi) is 3.67. The van der Waals surface area contributed by atoms with E-state index in [2.05, 4.69) is 36.5 Å². The van der Waals surface area contributed by atoms with Crippen molar-refractivity contribution in [2.75, 3.05) is 13.2 Å². The van der Waals surface area contributed by atoms with Crippen molar-refractivity contribution in [3.63, 3.8) is 0 Å². The molecule has 2 nitrogen and oxygen atoms in total. The molecule has 0 radical (unpaired) electrons. The molecule has 18 heavy (non-hydrogen) atoms. The molecule has 1 atom stereocenters. The molecule has 0 aromatic heterocycles. The predicted octanol–water partition coefficient (Wildman–Crippen LogP) is 3.21. The Hall–Kier alpha value is -0.860. The van der Waals surface area contributed by atoms with Crippen LogP contribution in [0.1, 0.15) is 42.9 Å². The lowest BCUT2D eigenvalue weighted by atomic mass is 9.95. The standard InChI is InChI=1S/C16H23NO/c1-12-4-2-3-5-15(12)16(13-6-7-13)17-14-8-10-18-11-9-14/h2-5,13-14,16-17H,6-11H2,1H3. The molecular weight excluding hydrogens is 222 g/mol. The van der Waals surface area contributed by atoms with Crippen molar-refractivity contribution in [1.29, 1.82) is 0 Å². The molecule has 2 heteroatoms. The van der Waals surface area contributed by atoms with Crippen molar-refractivity contribution in [3.8, 4) is 0 Å². The fraction of sp³-hybridized carbons (Fsp3) is 0.625. The first-order valence-electron chi connectivity index (χ1n) is 7.24. The molecule has 0 spiro atoms. The number of hydrogen-bond acceptors (Lipinski definition) is 2. The molecule has 1 saturated carbocycles. The van der Waals surface area contributed by atoms with E-state index in [9.17, 15) is 0 Å². The molecule has 0 amide bonds. The number of rotatable bonds is 4. The third kappa shape index (κ3) is 2.76. The lowest BCUT2D eigenvalue weighted by Gasteiger charge is -2.29. The summed E-state index contributed by atoms with van der Waals surface area (Å²) in [5, 5.41) is 3.90. The molecule has 1 N–H and O–H groups in total. The van der Waals surface area contributed by atoms with E-state index in [1.807, 2.05) is 0 Å². The molecule has 2 aliphatic rings. The number of aryl methyl sites for hydroxylation is 1. The van der Waals surface area contributed by atoms with Gasteiger partial charge in [-0.25, -0.2) is 0 Å². The molecular formula is C16H23NO. The van der Waals surface area contributed by atoms with Crippen LogP contribution in [0.15, 0.2) is 24.3 Å². The van der Waals surface area contributed by atoms with Crippen LogP contribution in [-0.2, 0) is 4.74 Å². The largest absolute Gasteiger partial charge is 0.381 e. The quantitative estimate of drug-likeness (QED) is 0.879. The Morgan fingerprint density at radius 1 is 1.11 bits per heavy atom. The Labute approximate surface area is 110 Å². The highest BCUT2D eigenvalue weighted by Gasteiger charge is 2.34. The van der Waals surface area contributed by atoms with E-state index in [0.29, 0.717) is 12.1 Å². The van der Waals surface area contributed by atoms with Crippen LogP contribution in [0.2, 0.25) is 0 Å². The smallest absolute Gasteiger partial charge is 0.0480 e.